The summed E-state index contributed by atoms with van der Waals surface area (Å²) in [5, 5.41) is 2.90. The SMILES string of the molecule is COc1cc(CNC(=O)CSC(=S)N2CCCC2)cc(OC)c1OC. The van der Waals surface area contributed by atoms with Crippen molar-refractivity contribution in [3.8, 4) is 17.2 Å². The predicted octanol–water partition coefficient (Wildman–Crippen LogP) is 2.44. The van der Waals surface area contributed by atoms with Gasteiger partial charge in [-0.25, -0.2) is 0 Å². The average molecular weight is 385 g/mol. The molecule has 1 N–H and O–H groups in total. The van der Waals surface area contributed by atoms with Crippen molar-refractivity contribution < 1.29 is 19.0 Å². The fraction of sp³-hybridized carbons (Fsp3) is 0.529. The molecule has 0 atom stereocenters. The lowest BCUT2D eigenvalue weighted by molar-refractivity contribution is -0.118. The van der Waals surface area contributed by atoms with Gasteiger partial charge in [-0.15, -0.1) is 0 Å². The summed E-state index contributed by atoms with van der Waals surface area (Å²) >= 11 is 6.78. The number of benzene rings is 1. The van der Waals surface area contributed by atoms with E-state index < -0.39 is 0 Å². The summed E-state index contributed by atoms with van der Waals surface area (Å²) in [5.41, 5.74) is 0.870. The molecule has 8 heteroatoms. The zero-order valence-electron chi connectivity index (χ0n) is 14.8. The smallest absolute Gasteiger partial charge is 0.230 e. The molecule has 1 aliphatic rings. The number of thiocarbonyl (C=S) groups is 1. The molecular weight excluding hydrogens is 360 g/mol. The number of likely N-dealkylation sites (tertiary alicyclic amines) is 1. The number of carbonyl (C=O) groups excluding carboxylic acids is 1. The van der Waals surface area contributed by atoms with Crippen molar-refractivity contribution in [2.24, 2.45) is 0 Å². The Labute approximate surface area is 158 Å². The van der Waals surface area contributed by atoms with Gasteiger partial charge in [0.25, 0.3) is 0 Å². The van der Waals surface area contributed by atoms with Crippen LogP contribution in [0.4, 0.5) is 0 Å². The van der Waals surface area contributed by atoms with E-state index in [1.165, 1.54) is 24.6 Å². The molecule has 1 aromatic rings. The number of hydrogen-bond acceptors (Lipinski definition) is 6. The molecule has 0 aromatic heterocycles. The maximum atomic E-state index is 12.1. The van der Waals surface area contributed by atoms with Crippen LogP contribution in [0.1, 0.15) is 18.4 Å². The fourth-order valence-electron chi connectivity index (χ4n) is 2.61. The number of nitrogens with zero attached hydrogens (tertiary/aromatic N) is 1. The van der Waals surface area contributed by atoms with Gasteiger partial charge in [-0.2, -0.15) is 0 Å². The molecule has 6 nitrogen and oxygen atoms in total. The Bertz CT molecular complexity index is 594. The first-order valence-electron chi connectivity index (χ1n) is 8.06. The van der Waals surface area contributed by atoms with E-state index in [9.17, 15) is 4.79 Å². The number of nitrogens with one attached hydrogen (secondary N) is 1. The van der Waals surface area contributed by atoms with Crippen LogP contribution in [-0.2, 0) is 11.3 Å². The van der Waals surface area contributed by atoms with Crippen LogP contribution in [0.25, 0.3) is 0 Å². The topological polar surface area (TPSA) is 60.0 Å². The molecule has 1 heterocycles. The normalized spacial score (nSPS) is 13.5. The average Bonchev–Trinajstić information content (AvgIpc) is 3.18. The third-order valence-electron chi connectivity index (χ3n) is 3.91. The minimum atomic E-state index is -0.0553. The third kappa shape index (κ3) is 5.40. The Kier molecular flexibility index (Phi) is 7.64. The molecule has 0 aliphatic carbocycles. The van der Waals surface area contributed by atoms with E-state index in [0.717, 1.165) is 23.0 Å². The highest BCUT2D eigenvalue weighted by molar-refractivity contribution is 8.23. The molecule has 25 heavy (non-hydrogen) atoms. The molecule has 1 saturated heterocycles. The van der Waals surface area contributed by atoms with Crippen LogP contribution in [0.15, 0.2) is 12.1 Å². The maximum absolute atomic E-state index is 12.1. The van der Waals surface area contributed by atoms with Crippen molar-refractivity contribution in [2.45, 2.75) is 19.4 Å². The van der Waals surface area contributed by atoms with E-state index in [0.29, 0.717) is 29.5 Å². The van der Waals surface area contributed by atoms with Crippen molar-refractivity contribution in [1.82, 2.24) is 10.2 Å². The van der Waals surface area contributed by atoms with Crippen LogP contribution in [0.2, 0.25) is 0 Å². The molecule has 0 unspecified atom stereocenters. The standard InChI is InChI=1S/C17H24N2O4S2/c1-21-13-8-12(9-14(22-2)16(13)23-3)10-18-15(20)11-25-17(24)19-6-4-5-7-19/h8-9H,4-7,10-11H2,1-3H3,(H,18,20). The largest absolute Gasteiger partial charge is 0.493 e. The minimum Gasteiger partial charge on any atom is -0.493 e. The van der Waals surface area contributed by atoms with Crippen LogP contribution < -0.4 is 19.5 Å². The van der Waals surface area contributed by atoms with Crippen LogP contribution in [-0.4, -0.2) is 55.3 Å². The molecule has 1 fully saturated rings. The summed E-state index contributed by atoms with van der Waals surface area (Å²) in [6, 6.07) is 3.65. The van der Waals surface area contributed by atoms with Gasteiger partial charge >= 0.3 is 0 Å². The molecule has 0 saturated carbocycles. The molecule has 0 radical (unpaired) electrons. The quantitative estimate of drug-likeness (QED) is 0.725. The summed E-state index contributed by atoms with van der Waals surface area (Å²) in [4.78, 5) is 14.2. The van der Waals surface area contributed by atoms with Crippen molar-refractivity contribution in [1.29, 1.82) is 0 Å². The van der Waals surface area contributed by atoms with E-state index in [1.807, 2.05) is 12.1 Å². The fourth-order valence-corrected chi connectivity index (χ4v) is 3.69. The van der Waals surface area contributed by atoms with E-state index in [4.69, 9.17) is 26.4 Å². The van der Waals surface area contributed by atoms with Gasteiger partial charge in [-0.1, -0.05) is 24.0 Å². The van der Waals surface area contributed by atoms with Crippen molar-refractivity contribution in [2.75, 3.05) is 40.2 Å². The lowest BCUT2D eigenvalue weighted by atomic mass is 10.2. The van der Waals surface area contributed by atoms with Crippen LogP contribution in [0.5, 0.6) is 17.2 Å². The van der Waals surface area contributed by atoms with Crippen LogP contribution in [0, 0.1) is 0 Å². The Hall–Kier alpha value is -1.67. The van der Waals surface area contributed by atoms with Gasteiger partial charge in [0.05, 0.1) is 27.1 Å². The predicted molar refractivity (Wildman–Crippen MR) is 104 cm³/mol. The number of carbonyl (C=O) groups is 1. The van der Waals surface area contributed by atoms with Crippen molar-refractivity contribution >= 4 is 34.2 Å². The third-order valence-corrected chi connectivity index (χ3v) is 5.43. The molecule has 2 rings (SSSR count). The number of rotatable bonds is 7. The molecule has 1 aliphatic heterocycles. The number of amides is 1. The Balaban J connectivity index is 1.87. The Morgan fingerprint density at radius 1 is 1.16 bits per heavy atom. The lowest BCUT2D eigenvalue weighted by Gasteiger charge is -2.17. The maximum Gasteiger partial charge on any atom is 0.230 e. The van der Waals surface area contributed by atoms with Crippen molar-refractivity contribution in [3.05, 3.63) is 17.7 Å². The van der Waals surface area contributed by atoms with Gasteiger partial charge in [0, 0.05) is 19.6 Å². The molecule has 0 spiro atoms. The van der Waals surface area contributed by atoms with Gasteiger partial charge in [-0.3, -0.25) is 4.79 Å². The van der Waals surface area contributed by atoms with Crippen molar-refractivity contribution in [3.63, 3.8) is 0 Å². The molecule has 138 valence electrons. The summed E-state index contributed by atoms with van der Waals surface area (Å²) in [6.45, 7) is 2.38. The zero-order chi connectivity index (χ0) is 18.2. The number of hydrogen-bond donors (Lipinski definition) is 1. The molecule has 1 aromatic carbocycles. The molecule has 0 bridgehead atoms. The summed E-state index contributed by atoms with van der Waals surface area (Å²) in [6.07, 6.45) is 2.35. The van der Waals surface area contributed by atoms with E-state index in [1.54, 1.807) is 21.3 Å². The van der Waals surface area contributed by atoms with Gasteiger partial charge in [-0.05, 0) is 30.5 Å². The lowest BCUT2D eigenvalue weighted by Crippen LogP contribution is -2.28. The second-order valence-electron chi connectivity index (χ2n) is 5.56. The van der Waals surface area contributed by atoms with Crippen LogP contribution in [0.3, 0.4) is 0 Å². The summed E-state index contributed by atoms with van der Waals surface area (Å²) in [5.74, 6) is 1.93. The Morgan fingerprint density at radius 2 is 1.76 bits per heavy atom. The monoisotopic (exact) mass is 384 g/mol. The van der Waals surface area contributed by atoms with Gasteiger partial charge < -0.3 is 24.4 Å². The first-order valence-corrected chi connectivity index (χ1v) is 9.45. The molecule has 1 amide bonds. The summed E-state index contributed by atoms with van der Waals surface area (Å²) < 4.78 is 16.7. The second-order valence-corrected chi connectivity index (χ2v) is 7.17. The van der Waals surface area contributed by atoms with E-state index in [-0.39, 0.29) is 5.91 Å². The number of methoxy groups -OCH3 is 3. The highest BCUT2D eigenvalue weighted by atomic mass is 32.2. The minimum absolute atomic E-state index is 0.0553. The number of thioether (sulfide) groups is 1. The summed E-state index contributed by atoms with van der Waals surface area (Å²) in [7, 11) is 4.69. The molecular formula is C17H24N2O4S2. The first kappa shape index (κ1) is 19.7. The van der Waals surface area contributed by atoms with Gasteiger partial charge in [0.2, 0.25) is 11.7 Å². The highest BCUT2D eigenvalue weighted by Gasteiger charge is 2.17. The zero-order valence-corrected chi connectivity index (χ0v) is 16.4. The highest BCUT2D eigenvalue weighted by Crippen LogP contribution is 2.38. The number of ether oxygens (including phenoxy) is 3. The Morgan fingerprint density at radius 3 is 2.28 bits per heavy atom. The van der Waals surface area contributed by atoms with Gasteiger partial charge in [0.1, 0.15) is 4.32 Å². The first-order chi connectivity index (χ1) is 12.1. The van der Waals surface area contributed by atoms with E-state index >= 15 is 0 Å². The van der Waals surface area contributed by atoms with Crippen LogP contribution >= 0.6 is 24.0 Å². The van der Waals surface area contributed by atoms with Gasteiger partial charge in [0.15, 0.2) is 11.5 Å². The van der Waals surface area contributed by atoms with E-state index in [2.05, 4.69) is 10.2 Å². The second kappa shape index (κ2) is 9.72.